The number of nitrogens with zero attached hydrogens (tertiary/aromatic N) is 1. The van der Waals surface area contributed by atoms with E-state index in [1.165, 1.54) is 23.5 Å². The number of ether oxygens (including phenoxy) is 2. The topological polar surface area (TPSA) is 59.0 Å². The van der Waals surface area contributed by atoms with E-state index in [-0.39, 0.29) is 18.1 Å². The Labute approximate surface area is 216 Å². The van der Waals surface area contributed by atoms with Gasteiger partial charge in [0.05, 0.1) is 11.5 Å². The number of carboxylic acids is 1. The van der Waals surface area contributed by atoms with Crippen LogP contribution in [0.4, 0.5) is 13.2 Å². The molecule has 1 saturated heterocycles. The van der Waals surface area contributed by atoms with E-state index in [9.17, 15) is 18.0 Å². The third kappa shape index (κ3) is 5.52. The normalized spacial score (nSPS) is 15.9. The van der Waals surface area contributed by atoms with Crippen LogP contribution in [0.25, 0.3) is 17.2 Å². The number of benzene rings is 2. The minimum absolute atomic E-state index is 0.191. The van der Waals surface area contributed by atoms with Crippen LogP contribution < -0.4 is 9.47 Å². The average molecular weight is 530 g/mol. The van der Waals surface area contributed by atoms with Crippen molar-refractivity contribution in [1.82, 2.24) is 4.90 Å². The Morgan fingerprint density at radius 2 is 1.95 bits per heavy atom. The molecule has 2 aliphatic rings. The average Bonchev–Trinajstić information content (AvgIpc) is 3.27. The Morgan fingerprint density at radius 3 is 2.68 bits per heavy atom. The maximum absolute atomic E-state index is 13.6. The largest absolute Gasteiger partial charge is 0.488 e. The maximum atomic E-state index is 13.6. The van der Waals surface area contributed by atoms with Gasteiger partial charge in [-0.2, -0.15) is 13.2 Å². The van der Waals surface area contributed by atoms with Gasteiger partial charge in [-0.15, -0.1) is 11.3 Å². The maximum Gasteiger partial charge on any atom is 0.417 e. The summed E-state index contributed by atoms with van der Waals surface area (Å²) < 4.78 is 52.6. The second-order valence-electron chi connectivity index (χ2n) is 9.26. The first kappa shape index (κ1) is 25.4. The Kier molecular flexibility index (Phi) is 7.00. The highest BCUT2D eigenvalue weighted by molar-refractivity contribution is 7.12. The number of likely N-dealkylation sites (tertiary alicyclic amines) is 1. The quantitative estimate of drug-likeness (QED) is 0.368. The molecule has 1 aromatic heterocycles. The molecule has 0 amide bonds. The number of aryl methyl sites for hydroxylation is 1. The molecule has 0 aliphatic carbocycles. The van der Waals surface area contributed by atoms with Gasteiger partial charge in [0.2, 0.25) is 0 Å². The number of thiophene rings is 1. The van der Waals surface area contributed by atoms with Gasteiger partial charge in [0.25, 0.3) is 0 Å². The number of fused-ring (bicyclic) bond motifs is 1. The van der Waals surface area contributed by atoms with Crippen molar-refractivity contribution >= 4 is 23.4 Å². The number of alkyl halides is 3. The minimum atomic E-state index is -4.42. The first-order chi connectivity index (χ1) is 17.7. The molecule has 3 heterocycles. The van der Waals surface area contributed by atoms with Gasteiger partial charge in [-0.1, -0.05) is 25.1 Å². The van der Waals surface area contributed by atoms with Crippen LogP contribution >= 0.6 is 11.3 Å². The third-order valence-electron chi connectivity index (χ3n) is 6.58. The van der Waals surface area contributed by atoms with Gasteiger partial charge in [0.15, 0.2) is 0 Å². The van der Waals surface area contributed by atoms with E-state index < -0.39 is 17.7 Å². The lowest BCUT2D eigenvalue weighted by Gasteiger charge is -2.37. The summed E-state index contributed by atoms with van der Waals surface area (Å²) in [6.07, 6.45) is -1.73. The second-order valence-corrected chi connectivity index (χ2v) is 10.5. The fraction of sp³-hybridized carbons (Fsp3) is 0.321. The van der Waals surface area contributed by atoms with Gasteiger partial charge in [0, 0.05) is 41.0 Å². The molecule has 0 radical (unpaired) electrons. The number of halogens is 3. The summed E-state index contributed by atoms with van der Waals surface area (Å²) in [6.45, 7) is 4.39. The molecule has 9 heteroatoms. The molecule has 0 unspecified atom stereocenters. The molecule has 1 N–H and O–H groups in total. The monoisotopic (exact) mass is 529 g/mol. The number of carboxylic acid groups (broad SMARTS) is 1. The number of aliphatic carboxylic acids is 1. The van der Waals surface area contributed by atoms with E-state index in [1.807, 2.05) is 25.1 Å². The van der Waals surface area contributed by atoms with Crippen LogP contribution in [0, 0.1) is 5.92 Å². The van der Waals surface area contributed by atoms with Crippen molar-refractivity contribution in [2.75, 3.05) is 26.2 Å². The summed E-state index contributed by atoms with van der Waals surface area (Å²) in [6, 6.07) is 13.0. The van der Waals surface area contributed by atoms with E-state index in [0.717, 1.165) is 27.0 Å². The zero-order chi connectivity index (χ0) is 26.2. The Morgan fingerprint density at radius 1 is 1.16 bits per heavy atom. The highest BCUT2D eigenvalue weighted by Crippen LogP contribution is 2.41. The summed E-state index contributed by atoms with van der Waals surface area (Å²) >= 11 is 1.46. The molecule has 2 aromatic carbocycles. The lowest BCUT2D eigenvalue weighted by atomic mass is 9.98. The first-order valence-electron chi connectivity index (χ1n) is 12.0. The summed E-state index contributed by atoms with van der Waals surface area (Å²) in [5.41, 5.74) is 2.17. The fourth-order valence-corrected chi connectivity index (χ4v) is 5.71. The second kappa shape index (κ2) is 10.2. The first-order valence-corrected chi connectivity index (χ1v) is 12.9. The van der Waals surface area contributed by atoms with Gasteiger partial charge in [0.1, 0.15) is 24.7 Å². The lowest BCUT2D eigenvalue weighted by molar-refractivity contribution is -0.147. The van der Waals surface area contributed by atoms with Crippen LogP contribution in [0.15, 0.2) is 54.1 Å². The molecule has 194 valence electrons. The fourth-order valence-electron chi connectivity index (χ4n) is 4.68. The highest BCUT2D eigenvalue weighted by atomic mass is 32.1. The molecule has 2 aliphatic heterocycles. The van der Waals surface area contributed by atoms with Gasteiger partial charge in [-0.3, -0.25) is 9.69 Å². The van der Waals surface area contributed by atoms with Crippen molar-refractivity contribution in [2.45, 2.75) is 26.1 Å². The van der Waals surface area contributed by atoms with Gasteiger partial charge < -0.3 is 14.6 Å². The number of rotatable bonds is 8. The van der Waals surface area contributed by atoms with Crippen molar-refractivity contribution in [3.8, 4) is 22.6 Å². The predicted octanol–water partition coefficient (Wildman–Crippen LogP) is 6.37. The Hall–Kier alpha value is -3.30. The molecule has 5 nitrogen and oxygen atoms in total. The standard InChI is InChI=1S/C28H26F3NO4S/c1-2-26-23(22-5-3-4-6-24(22)28(29,30)31)11-21(37-26)16-35-20-8-7-18-9-17(15-36-25(18)10-20)12-32-13-19(14-32)27(33)34/h3-11,19H,2,12-16H2,1H3,(H,33,34). The molecular formula is C28H26F3NO4S. The Bertz CT molecular complexity index is 1340. The van der Waals surface area contributed by atoms with E-state index in [0.29, 0.717) is 49.7 Å². The zero-order valence-corrected chi connectivity index (χ0v) is 21.0. The molecule has 1 fully saturated rings. The number of hydrogen-bond donors (Lipinski definition) is 1. The van der Waals surface area contributed by atoms with Crippen molar-refractivity contribution < 1.29 is 32.5 Å². The van der Waals surface area contributed by atoms with E-state index in [1.54, 1.807) is 12.1 Å². The minimum Gasteiger partial charge on any atom is -0.488 e. The Balaban J connectivity index is 1.26. The van der Waals surface area contributed by atoms with Crippen molar-refractivity contribution in [2.24, 2.45) is 5.92 Å². The molecule has 5 rings (SSSR count). The molecule has 0 bridgehead atoms. The molecule has 0 saturated carbocycles. The van der Waals surface area contributed by atoms with Crippen LogP contribution in [0.2, 0.25) is 0 Å². The van der Waals surface area contributed by atoms with Crippen LogP contribution in [0.1, 0.15) is 27.8 Å². The van der Waals surface area contributed by atoms with Gasteiger partial charge in [-0.05, 0) is 53.5 Å². The summed E-state index contributed by atoms with van der Waals surface area (Å²) in [5.74, 6) is 0.281. The third-order valence-corrected chi connectivity index (χ3v) is 7.83. The number of hydrogen-bond acceptors (Lipinski definition) is 5. The predicted molar refractivity (Wildman–Crippen MR) is 136 cm³/mol. The van der Waals surface area contributed by atoms with Crippen LogP contribution in [-0.2, 0) is 24.0 Å². The van der Waals surface area contributed by atoms with Crippen LogP contribution in [-0.4, -0.2) is 42.2 Å². The van der Waals surface area contributed by atoms with Crippen molar-refractivity contribution in [3.63, 3.8) is 0 Å². The SMILES string of the molecule is CCc1sc(COc2ccc3c(c2)OCC(CN2CC(C(=O)O)C2)=C3)cc1-c1ccccc1C(F)(F)F. The van der Waals surface area contributed by atoms with E-state index >= 15 is 0 Å². The highest BCUT2D eigenvalue weighted by Gasteiger charge is 2.34. The molecule has 0 spiro atoms. The number of carbonyl (C=O) groups is 1. The van der Waals surface area contributed by atoms with Gasteiger partial charge >= 0.3 is 12.1 Å². The summed E-state index contributed by atoms with van der Waals surface area (Å²) in [7, 11) is 0. The summed E-state index contributed by atoms with van der Waals surface area (Å²) in [5, 5.41) is 9.03. The van der Waals surface area contributed by atoms with E-state index in [4.69, 9.17) is 14.6 Å². The molecule has 0 atom stereocenters. The molecular weight excluding hydrogens is 503 g/mol. The molecule has 3 aromatic rings. The van der Waals surface area contributed by atoms with Crippen molar-refractivity contribution in [1.29, 1.82) is 0 Å². The van der Waals surface area contributed by atoms with Crippen molar-refractivity contribution in [3.05, 3.63) is 75.0 Å². The van der Waals surface area contributed by atoms with Crippen LogP contribution in [0.3, 0.4) is 0 Å². The molecule has 37 heavy (non-hydrogen) atoms. The summed E-state index contributed by atoms with van der Waals surface area (Å²) in [4.78, 5) is 14.8. The lowest BCUT2D eigenvalue weighted by Crippen LogP contribution is -2.51. The smallest absolute Gasteiger partial charge is 0.417 e. The zero-order valence-electron chi connectivity index (χ0n) is 20.2. The van der Waals surface area contributed by atoms with Gasteiger partial charge in [-0.25, -0.2) is 0 Å². The van der Waals surface area contributed by atoms with Crippen LogP contribution in [0.5, 0.6) is 11.5 Å². The van der Waals surface area contributed by atoms with E-state index in [2.05, 4.69) is 11.0 Å².